The Morgan fingerprint density at radius 1 is 1.50 bits per heavy atom. The fourth-order valence-corrected chi connectivity index (χ4v) is 2.14. The molecule has 0 aromatic heterocycles. The van der Waals surface area contributed by atoms with Crippen molar-refractivity contribution in [3.05, 3.63) is 27.7 Å². The molecule has 1 aromatic carbocycles. The topological polar surface area (TPSA) is 75.4 Å². The molecule has 0 heterocycles. The van der Waals surface area contributed by atoms with Crippen LogP contribution in [0.3, 0.4) is 0 Å². The molecular weight excluding hydrogens is 275 g/mol. The van der Waals surface area contributed by atoms with E-state index < -0.39 is 6.10 Å². The van der Waals surface area contributed by atoms with Gasteiger partial charge in [-0.05, 0) is 30.9 Å². The third-order valence-electron chi connectivity index (χ3n) is 2.93. The van der Waals surface area contributed by atoms with Crippen LogP contribution < -0.4 is 11.1 Å². The van der Waals surface area contributed by atoms with E-state index in [9.17, 15) is 9.90 Å². The van der Waals surface area contributed by atoms with Gasteiger partial charge < -0.3 is 16.2 Å². The molecule has 1 aromatic rings. The van der Waals surface area contributed by atoms with Gasteiger partial charge >= 0.3 is 0 Å². The van der Waals surface area contributed by atoms with Crippen molar-refractivity contribution in [1.82, 2.24) is 5.32 Å². The van der Waals surface area contributed by atoms with Gasteiger partial charge in [-0.2, -0.15) is 0 Å². The average molecular weight is 289 g/mol. The number of amides is 1. The summed E-state index contributed by atoms with van der Waals surface area (Å²) in [6, 6.07) is 2.95. The smallest absolute Gasteiger partial charge is 0.253 e. The van der Waals surface area contributed by atoms with Crippen LogP contribution in [-0.2, 0) is 0 Å². The molecule has 1 aliphatic carbocycles. The quantitative estimate of drug-likeness (QED) is 0.743. The van der Waals surface area contributed by atoms with Crippen LogP contribution in [0.2, 0.25) is 10.0 Å². The molecule has 6 heteroatoms. The van der Waals surface area contributed by atoms with Crippen LogP contribution in [0.15, 0.2) is 12.1 Å². The Morgan fingerprint density at radius 3 is 2.78 bits per heavy atom. The first-order chi connectivity index (χ1) is 8.49. The molecule has 1 unspecified atom stereocenters. The Morgan fingerprint density at radius 2 is 2.17 bits per heavy atom. The van der Waals surface area contributed by atoms with Gasteiger partial charge in [0.2, 0.25) is 0 Å². The SMILES string of the molecule is Nc1cc(Cl)c(Cl)c(C(=O)NCC(O)C2CC2)c1. The molecule has 0 saturated heterocycles. The Bertz CT molecular complexity index is 475. The molecule has 0 bridgehead atoms. The lowest BCUT2D eigenvalue weighted by Crippen LogP contribution is -2.33. The van der Waals surface area contributed by atoms with E-state index in [1.807, 2.05) is 0 Å². The van der Waals surface area contributed by atoms with Gasteiger partial charge in [-0.1, -0.05) is 23.2 Å². The van der Waals surface area contributed by atoms with Crippen molar-refractivity contribution in [2.75, 3.05) is 12.3 Å². The molecule has 4 N–H and O–H groups in total. The molecule has 1 amide bonds. The first-order valence-electron chi connectivity index (χ1n) is 5.70. The largest absolute Gasteiger partial charge is 0.399 e. The van der Waals surface area contributed by atoms with Crippen molar-refractivity contribution in [2.24, 2.45) is 5.92 Å². The highest BCUT2D eigenvalue weighted by molar-refractivity contribution is 6.44. The Kier molecular flexibility index (Phi) is 4.00. The number of aliphatic hydroxyl groups excluding tert-OH is 1. The van der Waals surface area contributed by atoms with Gasteiger partial charge in [-0.15, -0.1) is 0 Å². The number of anilines is 1. The highest BCUT2D eigenvalue weighted by atomic mass is 35.5. The van der Waals surface area contributed by atoms with Crippen molar-refractivity contribution in [3.8, 4) is 0 Å². The number of aliphatic hydroxyl groups is 1. The first-order valence-corrected chi connectivity index (χ1v) is 6.45. The van der Waals surface area contributed by atoms with Crippen molar-refractivity contribution >= 4 is 34.8 Å². The molecule has 1 atom stereocenters. The molecule has 0 spiro atoms. The van der Waals surface area contributed by atoms with Crippen LogP contribution in [0.25, 0.3) is 0 Å². The molecule has 2 rings (SSSR count). The molecule has 0 aliphatic heterocycles. The Labute approximate surface area is 115 Å². The van der Waals surface area contributed by atoms with E-state index in [-0.39, 0.29) is 28.1 Å². The van der Waals surface area contributed by atoms with Crippen LogP contribution in [0, 0.1) is 5.92 Å². The third-order valence-corrected chi connectivity index (χ3v) is 3.74. The number of rotatable bonds is 4. The molecular formula is C12H14Cl2N2O2. The monoisotopic (exact) mass is 288 g/mol. The second kappa shape index (κ2) is 5.34. The van der Waals surface area contributed by atoms with E-state index in [1.54, 1.807) is 0 Å². The van der Waals surface area contributed by atoms with Crippen LogP contribution in [0.1, 0.15) is 23.2 Å². The van der Waals surface area contributed by atoms with Crippen LogP contribution in [-0.4, -0.2) is 23.7 Å². The maximum atomic E-state index is 11.9. The average Bonchev–Trinajstić information content (AvgIpc) is 3.14. The number of carbonyl (C=O) groups is 1. The summed E-state index contributed by atoms with van der Waals surface area (Å²) < 4.78 is 0. The van der Waals surface area contributed by atoms with Crippen molar-refractivity contribution in [2.45, 2.75) is 18.9 Å². The van der Waals surface area contributed by atoms with Crippen LogP contribution in [0.5, 0.6) is 0 Å². The number of halogens is 2. The molecule has 1 fully saturated rings. The molecule has 18 heavy (non-hydrogen) atoms. The van der Waals surface area contributed by atoms with Gasteiger partial charge in [0.05, 0.1) is 21.7 Å². The highest BCUT2D eigenvalue weighted by Gasteiger charge is 2.29. The number of nitrogen functional groups attached to an aromatic ring is 1. The van der Waals surface area contributed by atoms with E-state index in [2.05, 4.69) is 5.32 Å². The fourth-order valence-electron chi connectivity index (χ4n) is 1.72. The van der Waals surface area contributed by atoms with E-state index in [0.717, 1.165) is 12.8 Å². The highest BCUT2D eigenvalue weighted by Crippen LogP contribution is 2.32. The standard InChI is InChI=1S/C12H14Cl2N2O2/c13-9-4-7(15)3-8(11(9)14)12(18)16-5-10(17)6-1-2-6/h3-4,6,10,17H,1-2,5,15H2,(H,16,18). The molecule has 0 radical (unpaired) electrons. The van der Waals surface area contributed by atoms with Gasteiger partial charge in [0.25, 0.3) is 5.91 Å². The van der Waals surface area contributed by atoms with Gasteiger partial charge in [0.1, 0.15) is 0 Å². The van der Waals surface area contributed by atoms with Gasteiger partial charge in [-0.25, -0.2) is 0 Å². The number of benzene rings is 1. The molecule has 1 saturated carbocycles. The molecule has 4 nitrogen and oxygen atoms in total. The number of hydrogen-bond acceptors (Lipinski definition) is 3. The molecule has 98 valence electrons. The summed E-state index contributed by atoms with van der Waals surface area (Å²) in [5.74, 6) is -0.0703. The zero-order valence-electron chi connectivity index (χ0n) is 9.62. The second-order valence-electron chi connectivity index (χ2n) is 4.48. The summed E-state index contributed by atoms with van der Waals surface area (Å²) in [6.07, 6.45) is 1.54. The summed E-state index contributed by atoms with van der Waals surface area (Å²) in [5.41, 5.74) is 6.21. The van der Waals surface area contributed by atoms with E-state index in [1.165, 1.54) is 12.1 Å². The predicted molar refractivity (Wildman–Crippen MR) is 71.9 cm³/mol. The van der Waals surface area contributed by atoms with Crippen LogP contribution in [0.4, 0.5) is 5.69 Å². The van der Waals surface area contributed by atoms with Crippen molar-refractivity contribution in [3.63, 3.8) is 0 Å². The maximum Gasteiger partial charge on any atom is 0.253 e. The van der Waals surface area contributed by atoms with E-state index in [0.29, 0.717) is 11.6 Å². The lowest BCUT2D eigenvalue weighted by molar-refractivity contribution is 0.0901. The first kappa shape index (κ1) is 13.5. The Balaban J connectivity index is 2.03. The minimum atomic E-state index is -0.496. The third kappa shape index (κ3) is 3.07. The fraction of sp³-hybridized carbons (Fsp3) is 0.417. The minimum Gasteiger partial charge on any atom is -0.399 e. The number of hydrogen-bond donors (Lipinski definition) is 3. The summed E-state index contributed by atoms with van der Waals surface area (Å²) in [7, 11) is 0. The molecule has 1 aliphatic rings. The lowest BCUT2D eigenvalue weighted by atomic mass is 10.1. The zero-order chi connectivity index (χ0) is 13.3. The summed E-state index contributed by atoms with van der Waals surface area (Å²) in [4.78, 5) is 11.9. The zero-order valence-corrected chi connectivity index (χ0v) is 11.1. The normalized spacial score (nSPS) is 16.4. The van der Waals surface area contributed by atoms with Gasteiger partial charge in [0.15, 0.2) is 0 Å². The van der Waals surface area contributed by atoms with Gasteiger partial charge in [0, 0.05) is 12.2 Å². The second-order valence-corrected chi connectivity index (χ2v) is 5.26. The Hall–Kier alpha value is -0.970. The number of nitrogens with two attached hydrogens (primary N) is 1. The maximum absolute atomic E-state index is 11.9. The van der Waals surface area contributed by atoms with Gasteiger partial charge in [-0.3, -0.25) is 4.79 Å². The summed E-state index contributed by atoms with van der Waals surface area (Å²) in [5, 5.41) is 12.7. The summed E-state index contributed by atoms with van der Waals surface area (Å²) >= 11 is 11.8. The minimum absolute atomic E-state index is 0.171. The van der Waals surface area contributed by atoms with E-state index in [4.69, 9.17) is 28.9 Å². The van der Waals surface area contributed by atoms with E-state index >= 15 is 0 Å². The van der Waals surface area contributed by atoms with Crippen LogP contribution >= 0.6 is 23.2 Å². The van der Waals surface area contributed by atoms with Crippen molar-refractivity contribution < 1.29 is 9.90 Å². The predicted octanol–water partition coefficient (Wildman–Crippen LogP) is 2.08. The van der Waals surface area contributed by atoms with Crippen molar-refractivity contribution in [1.29, 1.82) is 0 Å². The lowest BCUT2D eigenvalue weighted by Gasteiger charge is -2.12. The number of carbonyl (C=O) groups excluding carboxylic acids is 1. The summed E-state index contributed by atoms with van der Waals surface area (Å²) in [6.45, 7) is 0.215. The number of nitrogens with one attached hydrogen (secondary N) is 1.